The van der Waals surface area contributed by atoms with Crippen molar-refractivity contribution >= 4 is 12.0 Å². The molecule has 37 heavy (non-hydrogen) atoms. The number of likely N-dealkylation sites (tertiary alicyclic amines) is 1. The number of unbranched alkanes of at least 4 members (excludes halogenated alkanes) is 12. The molecule has 0 unspecified atom stereocenters. The third kappa shape index (κ3) is 12.2. The lowest BCUT2D eigenvalue weighted by Gasteiger charge is -2.28. The van der Waals surface area contributed by atoms with Crippen LogP contribution in [-0.4, -0.2) is 53.7 Å². The smallest absolute Gasteiger partial charge is 0.445 e. The Hall–Kier alpha value is -2.25. The fourth-order valence-electron chi connectivity index (χ4n) is 4.89. The van der Waals surface area contributed by atoms with E-state index in [1.54, 1.807) is 0 Å². The molecule has 2 amide bonds. The maximum atomic E-state index is 12.9. The van der Waals surface area contributed by atoms with E-state index in [0.29, 0.717) is 13.0 Å². The fourth-order valence-corrected chi connectivity index (χ4v) is 4.89. The highest BCUT2D eigenvalue weighted by molar-refractivity contribution is 5.82. The lowest BCUT2D eigenvalue weighted by atomic mass is 10.0. The molecule has 0 aromatic heterocycles. The minimum absolute atomic E-state index is 0.00984. The molecule has 0 radical (unpaired) electrons. The summed E-state index contributed by atoms with van der Waals surface area (Å²) in [7, 11) is 0. The molecule has 210 valence electrons. The van der Waals surface area contributed by atoms with Crippen molar-refractivity contribution in [2.75, 3.05) is 19.6 Å². The third-order valence-corrected chi connectivity index (χ3v) is 7.08. The van der Waals surface area contributed by atoms with Crippen molar-refractivity contribution in [3.8, 4) is 0 Å². The minimum Gasteiger partial charge on any atom is -0.445 e. The highest BCUT2D eigenvalue weighted by Gasteiger charge is 2.45. The van der Waals surface area contributed by atoms with Crippen LogP contribution in [0, 0.1) is 0 Å². The van der Waals surface area contributed by atoms with Crippen molar-refractivity contribution in [2.24, 2.45) is 0 Å². The Bertz CT molecular complexity index is 773. The van der Waals surface area contributed by atoms with Gasteiger partial charge in [0.1, 0.15) is 6.61 Å². The van der Waals surface area contributed by atoms with Crippen LogP contribution in [0.5, 0.6) is 0 Å². The number of hydrogen-bond donors (Lipinski definition) is 0. The van der Waals surface area contributed by atoms with Gasteiger partial charge in [-0.05, 0) is 18.4 Å². The van der Waals surface area contributed by atoms with Gasteiger partial charge in [0.2, 0.25) is 0 Å². The summed E-state index contributed by atoms with van der Waals surface area (Å²) in [5.41, 5.74) is 0.844. The molecule has 2 rings (SSSR count). The number of rotatable bonds is 17. The van der Waals surface area contributed by atoms with E-state index < -0.39 is 24.2 Å². The second-order valence-corrected chi connectivity index (χ2v) is 10.2. The summed E-state index contributed by atoms with van der Waals surface area (Å²) in [6, 6.07) is 8.81. The van der Waals surface area contributed by atoms with Crippen LogP contribution in [0.15, 0.2) is 30.3 Å². The molecular weight excluding hydrogens is 481 g/mol. The molecule has 1 aliphatic heterocycles. The monoisotopic (exact) mass is 526 g/mol. The lowest BCUT2D eigenvalue weighted by Crippen LogP contribution is -2.45. The number of carbonyl (C=O) groups is 2. The molecule has 0 aliphatic carbocycles. The average Bonchev–Trinajstić information content (AvgIpc) is 3.37. The van der Waals surface area contributed by atoms with E-state index in [2.05, 4.69) is 6.92 Å². The normalized spacial score (nSPS) is 15.7. The SMILES string of the molecule is CCCCCCCCCCCCCCCN(C(=O)OCc1ccccc1)[C@@H]1CCN(C(=O)C(F)(F)F)C1. The fraction of sp³-hybridized carbons (Fsp3) is 0.724. The topological polar surface area (TPSA) is 49.9 Å². The van der Waals surface area contributed by atoms with E-state index in [0.717, 1.165) is 36.1 Å². The van der Waals surface area contributed by atoms with Gasteiger partial charge in [-0.2, -0.15) is 13.2 Å². The Morgan fingerprint density at radius 2 is 1.43 bits per heavy atom. The average molecular weight is 527 g/mol. The number of benzene rings is 1. The van der Waals surface area contributed by atoms with E-state index in [1.165, 1.54) is 62.7 Å². The highest BCUT2D eigenvalue weighted by atomic mass is 19.4. The van der Waals surface area contributed by atoms with Crippen molar-refractivity contribution in [2.45, 2.75) is 116 Å². The van der Waals surface area contributed by atoms with Gasteiger partial charge in [-0.15, -0.1) is 0 Å². The van der Waals surface area contributed by atoms with E-state index in [9.17, 15) is 22.8 Å². The van der Waals surface area contributed by atoms with Gasteiger partial charge in [0.25, 0.3) is 0 Å². The number of halogens is 3. The first kappa shape index (κ1) is 31.0. The molecule has 1 atom stereocenters. The summed E-state index contributed by atoms with van der Waals surface area (Å²) in [6.45, 7) is 2.64. The maximum absolute atomic E-state index is 12.9. The van der Waals surface area contributed by atoms with Crippen molar-refractivity contribution < 1.29 is 27.5 Å². The van der Waals surface area contributed by atoms with Crippen molar-refractivity contribution in [3.63, 3.8) is 0 Å². The molecular formula is C29H45F3N2O3. The maximum Gasteiger partial charge on any atom is 0.471 e. The molecule has 1 saturated heterocycles. The van der Waals surface area contributed by atoms with Gasteiger partial charge >= 0.3 is 18.2 Å². The standard InChI is InChI=1S/C29H45F3N2O3/c1-2-3-4-5-6-7-8-9-10-11-12-13-17-21-34(28(36)37-24-25-18-15-14-16-19-25)26-20-22-33(23-26)27(35)29(30,31)32/h14-16,18-19,26H,2-13,17,20-24H2,1H3/t26-/m1/s1. The zero-order valence-corrected chi connectivity index (χ0v) is 22.4. The number of ether oxygens (including phenoxy) is 1. The van der Waals surface area contributed by atoms with E-state index in [1.807, 2.05) is 30.3 Å². The van der Waals surface area contributed by atoms with E-state index in [-0.39, 0.29) is 19.7 Å². The molecule has 1 aromatic carbocycles. The van der Waals surface area contributed by atoms with Crippen molar-refractivity contribution in [1.82, 2.24) is 9.80 Å². The van der Waals surface area contributed by atoms with Crippen LogP contribution in [0.2, 0.25) is 0 Å². The second kappa shape index (κ2) is 17.3. The van der Waals surface area contributed by atoms with Crippen LogP contribution in [0.1, 0.15) is 102 Å². The summed E-state index contributed by atoms with van der Waals surface area (Å²) < 4.78 is 44.1. The van der Waals surface area contributed by atoms with Gasteiger partial charge in [-0.25, -0.2) is 4.79 Å². The molecule has 1 aliphatic rings. The number of alkyl halides is 3. The predicted molar refractivity (Wildman–Crippen MR) is 140 cm³/mol. The van der Waals surface area contributed by atoms with Crippen molar-refractivity contribution in [1.29, 1.82) is 0 Å². The largest absolute Gasteiger partial charge is 0.471 e. The lowest BCUT2D eigenvalue weighted by molar-refractivity contribution is -0.184. The van der Waals surface area contributed by atoms with Crippen LogP contribution in [0.4, 0.5) is 18.0 Å². The van der Waals surface area contributed by atoms with Crippen LogP contribution in [0.3, 0.4) is 0 Å². The molecule has 1 aromatic rings. The third-order valence-electron chi connectivity index (χ3n) is 7.08. The number of nitrogens with zero attached hydrogens (tertiary/aromatic N) is 2. The molecule has 8 heteroatoms. The van der Waals surface area contributed by atoms with Gasteiger partial charge in [-0.3, -0.25) is 4.79 Å². The van der Waals surface area contributed by atoms with Gasteiger partial charge < -0.3 is 14.5 Å². The van der Waals surface area contributed by atoms with Crippen LogP contribution < -0.4 is 0 Å². The van der Waals surface area contributed by atoms with E-state index >= 15 is 0 Å². The zero-order chi connectivity index (χ0) is 26.9. The summed E-state index contributed by atoms with van der Waals surface area (Å²) in [4.78, 5) is 26.9. The van der Waals surface area contributed by atoms with E-state index in [4.69, 9.17) is 4.74 Å². The Balaban J connectivity index is 1.73. The summed E-state index contributed by atoms with van der Waals surface area (Å²) >= 11 is 0. The summed E-state index contributed by atoms with van der Waals surface area (Å²) in [5.74, 6) is -1.84. The predicted octanol–water partition coefficient (Wildman–Crippen LogP) is 7.88. The van der Waals surface area contributed by atoms with Crippen LogP contribution in [0.25, 0.3) is 0 Å². The first-order valence-electron chi connectivity index (χ1n) is 14.2. The van der Waals surface area contributed by atoms with Crippen LogP contribution in [-0.2, 0) is 16.1 Å². The molecule has 0 saturated carbocycles. The molecule has 0 spiro atoms. The molecule has 1 fully saturated rings. The first-order chi connectivity index (χ1) is 17.8. The summed E-state index contributed by atoms with van der Waals surface area (Å²) in [6.07, 6.45) is 10.6. The van der Waals surface area contributed by atoms with Gasteiger partial charge in [0, 0.05) is 19.6 Å². The Labute approximate surface area is 220 Å². The Kier molecular flexibility index (Phi) is 14.5. The minimum atomic E-state index is -4.90. The molecule has 5 nitrogen and oxygen atoms in total. The molecule has 1 heterocycles. The molecule has 0 N–H and O–H groups in total. The van der Waals surface area contributed by atoms with Gasteiger partial charge in [0.05, 0.1) is 6.04 Å². The van der Waals surface area contributed by atoms with Crippen LogP contribution >= 0.6 is 0 Å². The highest BCUT2D eigenvalue weighted by Crippen LogP contribution is 2.25. The number of amides is 2. The number of hydrogen-bond acceptors (Lipinski definition) is 3. The second-order valence-electron chi connectivity index (χ2n) is 10.2. The van der Waals surface area contributed by atoms with Gasteiger partial charge in [0.15, 0.2) is 0 Å². The van der Waals surface area contributed by atoms with Gasteiger partial charge in [-0.1, -0.05) is 114 Å². The first-order valence-corrected chi connectivity index (χ1v) is 14.2. The summed E-state index contributed by atoms with van der Waals surface area (Å²) in [5, 5.41) is 0. The zero-order valence-electron chi connectivity index (χ0n) is 22.4. The Morgan fingerprint density at radius 3 is 1.97 bits per heavy atom. The Morgan fingerprint density at radius 1 is 0.892 bits per heavy atom. The quantitative estimate of drug-likeness (QED) is 0.194. The van der Waals surface area contributed by atoms with Crippen molar-refractivity contribution in [3.05, 3.63) is 35.9 Å². The molecule has 0 bridgehead atoms. The number of carbonyl (C=O) groups excluding carboxylic acids is 2.